The number of rotatable bonds is 8. The summed E-state index contributed by atoms with van der Waals surface area (Å²) in [6, 6.07) is 7.66. The summed E-state index contributed by atoms with van der Waals surface area (Å²) in [5.74, 6) is 0.149. The Hall–Kier alpha value is -2.27. The van der Waals surface area contributed by atoms with Crippen LogP contribution in [0.25, 0.3) is 6.08 Å². The van der Waals surface area contributed by atoms with Gasteiger partial charge in [-0.15, -0.1) is 0 Å². The average Bonchev–Trinajstić information content (AvgIpc) is 2.59. The second-order valence-electron chi connectivity index (χ2n) is 4.92. The van der Waals surface area contributed by atoms with Crippen molar-refractivity contribution < 1.29 is 23.7 Å². The van der Waals surface area contributed by atoms with E-state index in [1.54, 1.807) is 14.2 Å². The number of hydrogen-bond acceptors (Lipinski definition) is 5. The Balaban J connectivity index is 2.90. The molecule has 0 saturated carbocycles. The summed E-state index contributed by atoms with van der Waals surface area (Å²) in [6.45, 7) is 1.88. The standard InChI is InChI=1S/C18H24O5/c1-13(16(12-20-2)18(19)23-5)17(22-4)11-8-14-6-9-15(21-3)10-7-14/h6-13,17H,1-5H3/b11-8+,16-12-/t13-,17+/m0/s1. The van der Waals surface area contributed by atoms with E-state index in [0.29, 0.717) is 5.57 Å². The smallest absolute Gasteiger partial charge is 0.337 e. The third-order valence-corrected chi connectivity index (χ3v) is 3.52. The third kappa shape index (κ3) is 5.45. The van der Waals surface area contributed by atoms with Crippen molar-refractivity contribution in [3.63, 3.8) is 0 Å². The Morgan fingerprint density at radius 1 is 1.09 bits per heavy atom. The van der Waals surface area contributed by atoms with Gasteiger partial charge < -0.3 is 18.9 Å². The zero-order chi connectivity index (χ0) is 17.2. The summed E-state index contributed by atoms with van der Waals surface area (Å²) in [6.07, 6.45) is 4.94. The van der Waals surface area contributed by atoms with Gasteiger partial charge in [0.1, 0.15) is 5.75 Å². The van der Waals surface area contributed by atoms with Crippen molar-refractivity contribution >= 4 is 12.0 Å². The maximum Gasteiger partial charge on any atom is 0.337 e. The Labute approximate surface area is 137 Å². The summed E-state index contributed by atoms with van der Waals surface area (Å²) >= 11 is 0. The Morgan fingerprint density at radius 2 is 1.74 bits per heavy atom. The largest absolute Gasteiger partial charge is 0.504 e. The fraction of sp³-hybridized carbons (Fsp3) is 0.389. The van der Waals surface area contributed by atoms with E-state index < -0.39 is 5.97 Å². The molecule has 0 saturated heterocycles. The molecule has 0 aromatic heterocycles. The first-order valence-electron chi connectivity index (χ1n) is 7.23. The van der Waals surface area contributed by atoms with Crippen LogP contribution in [0, 0.1) is 5.92 Å². The second kappa shape index (κ2) is 9.69. The summed E-state index contributed by atoms with van der Waals surface area (Å²) in [5.41, 5.74) is 1.43. The molecule has 0 unspecified atom stereocenters. The minimum atomic E-state index is -0.431. The van der Waals surface area contributed by atoms with E-state index in [1.807, 2.05) is 43.3 Å². The zero-order valence-electron chi connectivity index (χ0n) is 14.2. The van der Waals surface area contributed by atoms with Crippen LogP contribution < -0.4 is 4.74 Å². The zero-order valence-corrected chi connectivity index (χ0v) is 14.2. The predicted molar refractivity (Wildman–Crippen MR) is 89.1 cm³/mol. The number of benzene rings is 1. The fourth-order valence-electron chi connectivity index (χ4n) is 2.13. The molecule has 0 aliphatic carbocycles. The summed E-state index contributed by atoms with van der Waals surface area (Å²) in [7, 11) is 6.06. The molecule has 0 amide bonds. The molecule has 5 heteroatoms. The molecule has 1 rings (SSSR count). The van der Waals surface area contributed by atoms with Gasteiger partial charge >= 0.3 is 5.97 Å². The van der Waals surface area contributed by atoms with Crippen LogP contribution in [0.3, 0.4) is 0 Å². The molecule has 0 aliphatic rings. The summed E-state index contributed by atoms with van der Waals surface area (Å²) < 4.78 is 20.4. The van der Waals surface area contributed by atoms with Gasteiger partial charge in [-0.2, -0.15) is 0 Å². The monoisotopic (exact) mass is 320 g/mol. The molecule has 5 nitrogen and oxygen atoms in total. The Morgan fingerprint density at radius 3 is 2.22 bits per heavy atom. The van der Waals surface area contributed by atoms with E-state index in [4.69, 9.17) is 18.9 Å². The van der Waals surface area contributed by atoms with Gasteiger partial charge in [-0.05, 0) is 17.7 Å². The minimum absolute atomic E-state index is 0.220. The first-order valence-corrected chi connectivity index (χ1v) is 7.23. The van der Waals surface area contributed by atoms with E-state index in [0.717, 1.165) is 11.3 Å². The van der Waals surface area contributed by atoms with Crippen molar-refractivity contribution in [1.82, 2.24) is 0 Å². The normalized spacial score (nSPS) is 14.4. The molecule has 1 aromatic carbocycles. The highest BCUT2D eigenvalue weighted by Crippen LogP contribution is 2.21. The van der Waals surface area contributed by atoms with Crippen LogP contribution >= 0.6 is 0 Å². The lowest BCUT2D eigenvalue weighted by Crippen LogP contribution is -2.24. The Kier molecular flexibility index (Phi) is 7.91. The van der Waals surface area contributed by atoms with E-state index in [9.17, 15) is 4.79 Å². The molecular weight excluding hydrogens is 296 g/mol. The van der Waals surface area contributed by atoms with Crippen molar-refractivity contribution in [2.75, 3.05) is 28.4 Å². The highest BCUT2D eigenvalue weighted by atomic mass is 16.5. The third-order valence-electron chi connectivity index (χ3n) is 3.52. The number of hydrogen-bond donors (Lipinski definition) is 0. The minimum Gasteiger partial charge on any atom is -0.504 e. The number of carbonyl (C=O) groups is 1. The number of esters is 1. The predicted octanol–water partition coefficient (Wildman–Crippen LogP) is 3.06. The number of methoxy groups -OCH3 is 4. The highest BCUT2D eigenvalue weighted by molar-refractivity contribution is 5.88. The first-order chi connectivity index (χ1) is 11.1. The first kappa shape index (κ1) is 18.8. The molecule has 0 spiro atoms. The van der Waals surface area contributed by atoms with Gasteiger partial charge in [-0.25, -0.2) is 4.79 Å². The van der Waals surface area contributed by atoms with E-state index in [1.165, 1.54) is 20.5 Å². The van der Waals surface area contributed by atoms with Gasteiger partial charge in [0, 0.05) is 13.0 Å². The van der Waals surface area contributed by atoms with E-state index in [2.05, 4.69) is 0 Å². The SMILES string of the molecule is CO/C=C(\C(=O)OC)[C@H](C)[C@@H](/C=C/c1ccc(OC)cc1)OC. The molecule has 2 atom stereocenters. The van der Waals surface area contributed by atoms with Crippen LogP contribution in [0.4, 0.5) is 0 Å². The van der Waals surface area contributed by atoms with Crippen LogP contribution in [-0.4, -0.2) is 40.5 Å². The van der Waals surface area contributed by atoms with Gasteiger partial charge in [0.05, 0.1) is 39.3 Å². The molecule has 23 heavy (non-hydrogen) atoms. The van der Waals surface area contributed by atoms with Crippen LogP contribution in [0.1, 0.15) is 12.5 Å². The van der Waals surface area contributed by atoms with E-state index in [-0.39, 0.29) is 12.0 Å². The van der Waals surface area contributed by atoms with Crippen molar-refractivity contribution in [3.05, 3.63) is 47.7 Å². The molecule has 126 valence electrons. The summed E-state index contributed by atoms with van der Waals surface area (Å²) in [4.78, 5) is 11.8. The van der Waals surface area contributed by atoms with Gasteiger partial charge in [-0.3, -0.25) is 0 Å². The quantitative estimate of drug-likeness (QED) is 0.418. The lowest BCUT2D eigenvalue weighted by molar-refractivity contribution is -0.137. The number of carbonyl (C=O) groups excluding carboxylic acids is 1. The topological polar surface area (TPSA) is 54.0 Å². The van der Waals surface area contributed by atoms with Crippen LogP contribution in [0.15, 0.2) is 42.2 Å². The maximum absolute atomic E-state index is 11.8. The van der Waals surface area contributed by atoms with Crippen molar-refractivity contribution in [3.8, 4) is 5.75 Å². The average molecular weight is 320 g/mol. The van der Waals surface area contributed by atoms with Crippen LogP contribution in [0.5, 0.6) is 5.75 Å². The molecule has 0 radical (unpaired) electrons. The van der Waals surface area contributed by atoms with Gasteiger partial charge in [-0.1, -0.05) is 31.2 Å². The second-order valence-corrected chi connectivity index (χ2v) is 4.92. The van der Waals surface area contributed by atoms with Gasteiger partial charge in [0.15, 0.2) is 0 Å². The van der Waals surface area contributed by atoms with Gasteiger partial charge in [0.25, 0.3) is 0 Å². The molecule has 0 aliphatic heterocycles. The van der Waals surface area contributed by atoms with Gasteiger partial charge in [0.2, 0.25) is 0 Å². The lowest BCUT2D eigenvalue weighted by atomic mass is 9.95. The fourth-order valence-corrected chi connectivity index (χ4v) is 2.13. The Bertz CT molecular complexity index is 545. The van der Waals surface area contributed by atoms with E-state index >= 15 is 0 Å². The highest BCUT2D eigenvalue weighted by Gasteiger charge is 2.24. The maximum atomic E-state index is 11.8. The van der Waals surface area contributed by atoms with Crippen molar-refractivity contribution in [2.45, 2.75) is 13.0 Å². The molecule has 0 bridgehead atoms. The summed E-state index contributed by atoms with van der Waals surface area (Å²) in [5, 5.41) is 0. The molecule has 1 aromatic rings. The molecule has 0 fully saturated rings. The number of ether oxygens (including phenoxy) is 4. The molecule has 0 N–H and O–H groups in total. The van der Waals surface area contributed by atoms with Crippen LogP contribution in [-0.2, 0) is 19.0 Å². The molecule has 0 heterocycles. The van der Waals surface area contributed by atoms with Crippen molar-refractivity contribution in [1.29, 1.82) is 0 Å². The lowest BCUT2D eigenvalue weighted by Gasteiger charge is -2.20. The molecular formula is C18H24O5. The van der Waals surface area contributed by atoms with Crippen LogP contribution in [0.2, 0.25) is 0 Å². The van der Waals surface area contributed by atoms with Crippen molar-refractivity contribution in [2.24, 2.45) is 5.92 Å².